The van der Waals surface area contributed by atoms with Gasteiger partial charge < -0.3 is 5.32 Å². The van der Waals surface area contributed by atoms with E-state index in [-0.39, 0.29) is 11.3 Å². The number of rotatable bonds is 4. The zero-order valence-corrected chi connectivity index (χ0v) is 11.1. The van der Waals surface area contributed by atoms with Gasteiger partial charge in [0.15, 0.2) is 11.6 Å². The highest BCUT2D eigenvalue weighted by molar-refractivity contribution is 5.51. The van der Waals surface area contributed by atoms with Gasteiger partial charge in [-0.15, -0.1) is 0 Å². The molecular weight excluding hydrogens is 258 g/mol. The Kier molecular flexibility index (Phi) is 4.31. The molecule has 0 spiro atoms. The molecule has 0 radical (unpaired) electrons. The summed E-state index contributed by atoms with van der Waals surface area (Å²) in [5.41, 5.74) is 1.90. The van der Waals surface area contributed by atoms with Crippen LogP contribution in [0.15, 0.2) is 36.4 Å². The van der Waals surface area contributed by atoms with Crippen molar-refractivity contribution in [2.45, 2.75) is 19.9 Å². The van der Waals surface area contributed by atoms with Crippen molar-refractivity contribution in [3.63, 3.8) is 0 Å². The van der Waals surface area contributed by atoms with E-state index >= 15 is 0 Å². The molecule has 0 aromatic heterocycles. The molecule has 2 aromatic rings. The number of benzene rings is 2. The summed E-state index contributed by atoms with van der Waals surface area (Å²) in [5.74, 6) is -1.51. The van der Waals surface area contributed by atoms with Crippen LogP contribution in [0.2, 0.25) is 0 Å². The van der Waals surface area contributed by atoms with Crippen LogP contribution in [-0.2, 0) is 13.0 Å². The second kappa shape index (κ2) is 6.16. The average molecular weight is 272 g/mol. The minimum Gasteiger partial charge on any atom is -0.376 e. The Bertz CT molecular complexity index is 637. The molecule has 0 unspecified atom stereocenters. The molecule has 0 amide bonds. The molecule has 0 aliphatic carbocycles. The zero-order chi connectivity index (χ0) is 14.5. The largest absolute Gasteiger partial charge is 0.376 e. The maximum Gasteiger partial charge on any atom is 0.150 e. The fourth-order valence-electron chi connectivity index (χ4n) is 2.07. The molecule has 0 heterocycles. The summed E-state index contributed by atoms with van der Waals surface area (Å²) in [6, 6.07) is 11.5. The van der Waals surface area contributed by atoms with Crippen molar-refractivity contribution in [2.75, 3.05) is 5.32 Å². The molecule has 0 fully saturated rings. The summed E-state index contributed by atoms with van der Waals surface area (Å²) in [7, 11) is 0. The third-order valence-corrected chi connectivity index (χ3v) is 3.13. The number of nitriles is 1. The smallest absolute Gasteiger partial charge is 0.150 e. The molecule has 0 saturated heterocycles. The van der Waals surface area contributed by atoms with E-state index in [1.54, 1.807) is 6.07 Å². The number of hydrogen-bond donors (Lipinski definition) is 1. The highest BCUT2D eigenvalue weighted by Crippen LogP contribution is 2.22. The minimum absolute atomic E-state index is 0.0282. The monoisotopic (exact) mass is 272 g/mol. The Hall–Kier alpha value is -2.41. The molecule has 102 valence electrons. The van der Waals surface area contributed by atoms with E-state index in [2.05, 4.69) is 5.32 Å². The van der Waals surface area contributed by atoms with Crippen molar-refractivity contribution in [3.8, 4) is 6.07 Å². The van der Waals surface area contributed by atoms with Crippen LogP contribution < -0.4 is 5.32 Å². The summed E-state index contributed by atoms with van der Waals surface area (Å²) in [6.07, 6.45) is 0.857. The van der Waals surface area contributed by atoms with Gasteiger partial charge in [-0.05, 0) is 29.7 Å². The maximum atomic E-state index is 13.7. The average Bonchev–Trinajstić information content (AvgIpc) is 2.46. The van der Waals surface area contributed by atoms with E-state index in [0.717, 1.165) is 29.7 Å². The van der Waals surface area contributed by atoms with Gasteiger partial charge in [-0.25, -0.2) is 8.78 Å². The lowest BCUT2D eigenvalue weighted by Crippen LogP contribution is -2.06. The quantitative estimate of drug-likeness (QED) is 0.912. The van der Waals surface area contributed by atoms with Crippen molar-refractivity contribution in [1.82, 2.24) is 0 Å². The van der Waals surface area contributed by atoms with Gasteiger partial charge in [0.25, 0.3) is 0 Å². The maximum absolute atomic E-state index is 13.7. The number of nitrogens with one attached hydrogen (secondary N) is 1. The lowest BCUT2D eigenvalue weighted by molar-refractivity contribution is 0.587. The first kappa shape index (κ1) is 14.0. The van der Waals surface area contributed by atoms with Crippen LogP contribution in [0.3, 0.4) is 0 Å². The Morgan fingerprint density at radius 3 is 2.25 bits per heavy atom. The van der Waals surface area contributed by atoms with Gasteiger partial charge in [-0.3, -0.25) is 0 Å². The standard InChI is InChI=1S/C16H14F2N2/c1-2-12-5-3-4-6-13(12)10-20-16-14(17)7-11(9-19)8-15(16)18/h3-8,20H,2,10H2,1H3. The number of anilines is 1. The van der Waals surface area contributed by atoms with Crippen LogP contribution in [0.5, 0.6) is 0 Å². The van der Waals surface area contributed by atoms with Crippen molar-refractivity contribution >= 4 is 5.69 Å². The fraction of sp³-hybridized carbons (Fsp3) is 0.188. The van der Waals surface area contributed by atoms with Gasteiger partial charge in [0.1, 0.15) is 5.69 Å². The second-order valence-electron chi connectivity index (χ2n) is 4.40. The molecule has 0 saturated carbocycles. The Morgan fingerprint density at radius 2 is 1.70 bits per heavy atom. The molecule has 1 N–H and O–H groups in total. The number of hydrogen-bond acceptors (Lipinski definition) is 2. The summed E-state index contributed by atoms with van der Waals surface area (Å²) in [6.45, 7) is 2.37. The number of nitrogens with zero attached hydrogens (tertiary/aromatic N) is 1. The van der Waals surface area contributed by atoms with Crippen molar-refractivity contribution in [1.29, 1.82) is 5.26 Å². The first-order chi connectivity index (χ1) is 9.65. The molecular formula is C16H14F2N2. The molecule has 0 bridgehead atoms. The molecule has 2 rings (SSSR count). The molecule has 0 aliphatic rings. The predicted octanol–water partition coefficient (Wildman–Crippen LogP) is 4.01. The summed E-state index contributed by atoms with van der Waals surface area (Å²) < 4.78 is 27.5. The van der Waals surface area contributed by atoms with E-state index in [1.165, 1.54) is 0 Å². The summed E-state index contributed by atoms with van der Waals surface area (Å²) in [4.78, 5) is 0. The predicted molar refractivity (Wildman–Crippen MR) is 74.2 cm³/mol. The van der Waals surface area contributed by atoms with Crippen LogP contribution >= 0.6 is 0 Å². The molecule has 2 aromatic carbocycles. The Morgan fingerprint density at radius 1 is 1.10 bits per heavy atom. The normalized spacial score (nSPS) is 10.1. The number of aryl methyl sites for hydroxylation is 1. The van der Waals surface area contributed by atoms with Gasteiger partial charge in [-0.2, -0.15) is 5.26 Å². The third kappa shape index (κ3) is 2.94. The van der Waals surface area contributed by atoms with Crippen molar-refractivity contribution in [3.05, 3.63) is 64.7 Å². The van der Waals surface area contributed by atoms with E-state index < -0.39 is 11.6 Å². The fourth-order valence-corrected chi connectivity index (χ4v) is 2.07. The zero-order valence-electron chi connectivity index (χ0n) is 11.1. The first-order valence-electron chi connectivity index (χ1n) is 6.35. The summed E-state index contributed by atoms with van der Waals surface area (Å²) in [5, 5.41) is 11.4. The lowest BCUT2D eigenvalue weighted by Gasteiger charge is -2.12. The van der Waals surface area contributed by atoms with Crippen LogP contribution in [0.4, 0.5) is 14.5 Å². The van der Waals surface area contributed by atoms with Gasteiger partial charge in [0, 0.05) is 6.54 Å². The van der Waals surface area contributed by atoms with E-state index in [4.69, 9.17) is 5.26 Å². The van der Waals surface area contributed by atoms with Crippen LogP contribution in [0.25, 0.3) is 0 Å². The van der Waals surface area contributed by atoms with Crippen LogP contribution in [0.1, 0.15) is 23.6 Å². The highest BCUT2D eigenvalue weighted by Gasteiger charge is 2.11. The van der Waals surface area contributed by atoms with E-state index in [9.17, 15) is 8.78 Å². The van der Waals surface area contributed by atoms with E-state index in [0.29, 0.717) is 6.54 Å². The van der Waals surface area contributed by atoms with Crippen LogP contribution in [0, 0.1) is 23.0 Å². The van der Waals surface area contributed by atoms with Gasteiger partial charge in [-0.1, -0.05) is 31.2 Å². The molecule has 0 atom stereocenters. The first-order valence-corrected chi connectivity index (χ1v) is 6.35. The highest BCUT2D eigenvalue weighted by atomic mass is 19.1. The molecule has 2 nitrogen and oxygen atoms in total. The molecule has 20 heavy (non-hydrogen) atoms. The summed E-state index contributed by atoms with van der Waals surface area (Å²) >= 11 is 0. The molecule has 0 aliphatic heterocycles. The Labute approximate surface area is 116 Å². The number of halogens is 2. The van der Waals surface area contributed by atoms with Gasteiger partial charge in [0.2, 0.25) is 0 Å². The third-order valence-electron chi connectivity index (χ3n) is 3.13. The second-order valence-corrected chi connectivity index (χ2v) is 4.40. The van der Waals surface area contributed by atoms with E-state index in [1.807, 2.05) is 31.2 Å². The van der Waals surface area contributed by atoms with Crippen LogP contribution in [-0.4, -0.2) is 0 Å². The molecule has 4 heteroatoms. The van der Waals surface area contributed by atoms with Gasteiger partial charge >= 0.3 is 0 Å². The van der Waals surface area contributed by atoms with Crippen molar-refractivity contribution in [2.24, 2.45) is 0 Å². The SMILES string of the molecule is CCc1ccccc1CNc1c(F)cc(C#N)cc1F. The van der Waals surface area contributed by atoms with Gasteiger partial charge in [0.05, 0.1) is 11.6 Å². The topological polar surface area (TPSA) is 35.8 Å². The van der Waals surface area contributed by atoms with Crippen molar-refractivity contribution < 1.29 is 8.78 Å². The lowest BCUT2D eigenvalue weighted by atomic mass is 10.1. The Balaban J connectivity index is 2.22. The minimum atomic E-state index is -0.754.